The molecule has 0 saturated carbocycles. The molecular weight excluding hydrogens is 520 g/mol. The number of hydrogen-bond acceptors (Lipinski definition) is 4. The highest BCUT2D eigenvalue weighted by molar-refractivity contribution is 14.0. The number of fused-ring (bicyclic) bond motifs is 1. The Bertz CT molecular complexity index is 877. The minimum atomic E-state index is -0.176. The molecule has 1 saturated heterocycles. The minimum absolute atomic E-state index is 0. The summed E-state index contributed by atoms with van der Waals surface area (Å²) in [5.74, 6) is 2.95. The van der Waals surface area contributed by atoms with Gasteiger partial charge in [-0.15, -0.1) is 34.2 Å². The van der Waals surface area contributed by atoms with Gasteiger partial charge in [-0.05, 0) is 50.3 Å². The number of benzene rings is 1. The fraction of sp³-hybridized carbons (Fsp3) is 0.609. The molecule has 3 heterocycles. The molecule has 176 valence electrons. The Kier molecular flexibility index (Phi) is 9.55. The van der Waals surface area contributed by atoms with Gasteiger partial charge in [0.2, 0.25) is 0 Å². The number of anilines is 1. The highest BCUT2D eigenvalue weighted by Crippen LogP contribution is 2.20. The number of piperidine rings is 1. The minimum Gasteiger partial charge on any atom is -0.371 e. The molecule has 0 amide bonds. The van der Waals surface area contributed by atoms with Crippen LogP contribution in [0.15, 0.2) is 29.3 Å². The van der Waals surface area contributed by atoms with Gasteiger partial charge in [0.15, 0.2) is 5.96 Å². The summed E-state index contributed by atoms with van der Waals surface area (Å²) in [6.45, 7) is 3.73. The lowest BCUT2D eigenvalue weighted by atomic mass is 10.0. The maximum Gasteiger partial charge on any atom is 0.191 e. The first kappa shape index (κ1) is 24.7. The van der Waals surface area contributed by atoms with Crippen LogP contribution in [-0.4, -0.2) is 53.4 Å². The summed E-state index contributed by atoms with van der Waals surface area (Å²) >= 11 is 0. The summed E-state index contributed by atoms with van der Waals surface area (Å²) in [5.41, 5.74) is 0.965. The van der Waals surface area contributed by atoms with E-state index in [1.807, 2.05) is 13.1 Å². The maximum atomic E-state index is 13.5. The first-order chi connectivity index (χ1) is 15.2. The summed E-state index contributed by atoms with van der Waals surface area (Å²) in [7, 11) is 1.82. The third-order valence-corrected chi connectivity index (χ3v) is 6.29. The van der Waals surface area contributed by atoms with Crippen molar-refractivity contribution >= 4 is 35.6 Å². The summed E-state index contributed by atoms with van der Waals surface area (Å²) in [4.78, 5) is 6.64. The molecule has 0 bridgehead atoms. The maximum absolute atomic E-state index is 13.5. The van der Waals surface area contributed by atoms with Crippen LogP contribution in [-0.2, 0) is 19.4 Å². The highest BCUT2D eigenvalue weighted by Gasteiger charge is 2.20. The second-order valence-electron chi connectivity index (χ2n) is 8.48. The number of guanidine groups is 1. The number of aliphatic imine (C=N–C) groups is 1. The zero-order valence-corrected chi connectivity index (χ0v) is 21.2. The van der Waals surface area contributed by atoms with Crippen LogP contribution in [0.2, 0.25) is 0 Å². The predicted molar refractivity (Wildman–Crippen MR) is 137 cm³/mol. The lowest BCUT2D eigenvalue weighted by molar-refractivity contribution is 0.460. The second kappa shape index (κ2) is 12.4. The van der Waals surface area contributed by atoms with E-state index in [0.29, 0.717) is 6.04 Å². The van der Waals surface area contributed by atoms with E-state index in [0.717, 1.165) is 81.6 Å². The molecule has 2 N–H and O–H groups in total. The molecule has 2 aliphatic rings. The van der Waals surface area contributed by atoms with Gasteiger partial charge < -0.3 is 20.1 Å². The molecule has 1 aromatic heterocycles. The van der Waals surface area contributed by atoms with Crippen molar-refractivity contribution in [2.24, 2.45) is 4.99 Å². The molecule has 32 heavy (non-hydrogen) atoms. The largest absolute Gasteiger partial charge is 0.371 e. The molecule has 0 spiro atoms. The zero-order valence-electron chi connectivity index (χ0n) is 18.9. The lowest BCUT2D eigenvalue weighted by Gasteiger charge is -2.34. The van der Waals surface area contributed by atoms with Gasteiger partial charge in [-0.2, -0.15) is 0 Å². The second-order valence-corrected chi connectivity index (χ2v) is 8.48. The molecule has 0 radical (unpaired) electrons. The molecular formula is C23H35FIN7. The summed E-state index contributed by atoms with van der Waals surface area (Å²) in [6, 6.07) is 7.24. The van der Waals surface area contributed by atoms with E-state index in [4.69, 9.17) is 0 Å². The van der Waals surface area contributed by atoms with Crippen molar-refractivity contribution in [3.05, 3.63) is 41.7 Å². The van der Waals surface area contributed by atoms with Crippen LogP contribution in [0.3, 0.4) is 0 Å². The molecule has 2 aromatic rings. The molecule has 0 atom stereocenters. The first-order valence-electron chi connectivity index (χ1n) is 11.6. The van der Waals surface area contributed by atoms with Gasteiger partial charge >= 0.3 is 0 Å². The van der Waals surface area contributed by atoms with E-state index in [1.165, 1.54) is 25.3 Å². The number of rotatable bonds is 6. The fourth-order valence-electron chi connectivity index (χ4n) is 4.53. The normalized spacial score (nSPS) is 17.3. The van der Waals surface area contributed by atoms with Gasteiger partial charge in [0.05, 0.1) is 0 Å². The molecule has 9 heteroatoms. The van der Waals surface area contributed by atoms with Gasteiger partial charge in [0.1, 0.15) is 17.5 Å². The Labute approximate surface area is 207 Å². The van der Waals surface area contributed by atoms with Gasteiger partial charge in [0, 0.05) is 57.8 Å². The SMILES string of the molecule is CN=C(NCCCc1nnc2n1CCCCC2)NC1CCN(c2cccc(F)c2)CC1.I. The van der Waals surface area contributed by atoms with E-state index in [-0.39, 0.29) is 29.8 Å². The fourth-order valence-corrected chi connectivity index (χ4v) is 4.53. The number of halogens is 2. The number of aryl methyl sites for hydroxylation is 2. The van der Waals surface area contributed by atoms with Crippen molar-refractivity contribution < 1.29 is 4.39 Å². The van der Waals surface area contributed by atoms with Crippen LogP contribution in [0.25, 0.3) is 0 Å². The molecule has 1 fully saturated rings. The van der Waals surface area contributed by atoms with Gasteiger partial charge in [0.25, 0.3) is 0 Å². The van der Waals surface area contributed by atoms with Crippen LogP contribution in [0, 0.1) is 5.82 Å². The predicted octanol–water partition coefficient (Wildman–Crippen LogP) is 3.53. The number of nitrogens with one attached hydrogen (secondary N) is 2. The van der Waals surface area contributed by atoms with Crippen LogP contribution >= 0.6 is 24.0 Å². The van der Waals surface area contributed by atoms with Crippen LogP contribution in [0.1, 0.15) is 50.2 Å². The van der Waals surface area contributed by atoms with Crippen molar-refractivity contribution in [1.29, 1.82) is 0 Å². The molecule has 4 rings (SSSR count). The Morgan fingerprint density at radius 1 is 1.16 bits per heavy atom. The van der Waals surface area contributed by atoms with E-state index in [1.54, 1.807) is 12.1 Å². The molecule has 7 nitrogen and oxygen atoms in total. The van der Waals surface area contributed by atoms with Crippen LogP contribution < -0.4 is 15.5 Å². The van der Waals surface area contributed by atoms with Gasteiger partial charge in [-0.1, -0.05) is 12.5 Å². The van der Waals surface area contributed by atoms with E-state index >= 15 is 0 Å². The quantitative estimate of drug-likeness (QED) is 0.247. The van der Waals surface area contributed by atoms with Crippen molar-refractivity contribution in [3.63, 3.8) is 0 Å². The Balaban J connectivity index is 0.00000289. The third kappa shape index (κ3) is 6.55. The van der Waals surface area contributed by atoms with Gasteiger partial charge in [-0.25, -0.2) is 4.39 Å². The smallest absolute Gasteiger partial charge is 0.191 e. The average molecular weight is 555 g/mol. The first-order valence-corrected chi connectivity index (χ1v) is 11.6. The number of hydrogen-bond donors (Lipinski definition) is 2. The number of aromatic nitrogens is 3. The zero-order chi connectivity index (χ0) is 21.5. The van der Waals surface area contributed by atoms with Crippen molar-refractivity contribution in [2.45, 2.75) is 64.0 Å². The van der Waals surface area contributed by atoms with Gasteiger partial charge in [-0.3, -0.25) is 4.99 Å². The topological polar surface area (TPSA) is 70.4 Å². The van der Waals surface area contributed by atoms with Crippen LogP contribution in [0.4, 0.5) is 10.1 Å². The summed E-state index contributed by atoms with van der Waals surface area (Å²) < 4.78 is 15.8. The summed E-state index contributed by atoms with van der Waals surface area (Å²) in [5, 5.41) is 15.8. The monoisotopic (exact) mass is 555 g/mol. The van der Waals surface area contributed by atoms with Crippen molar-refractivity contribution in [1.82, 2.24) is 25.4 Å². The molecule has 0 aliphatic carbocycles. The third-order valence-electron chi connectivity index (χ3n) is 6.29. The van der Waals surface area contributed by atoms with E-state index in [9.17, 15) is 4.39 Å². The molecule has 1 aromatic carbocycles. The van der Waals surface area contributed by atoms with Crippen molar-refractivity contribution in [2.75, 3.05) is 31.6 Å². The lowest BCUT2D eigenvalue weighted by Crippen LogP contribution is -2.49. The van der Waals surface area contributed by atoms with E-state index in [2.05, 4.69) is 35.3 Å². The van der Waals surface area contributed by atoms with E-state index < -0.39 is 0 Å². The highest BCUT2D eigenvalue weighted by atomic mass is 127. The standard InChI is InChI=1S/C23H34FN7.HI/c1-25-23(26-13-6-10-22-29-28-21-9-3-2-4-14-31(21)22)27-19-11-15-30(16-12-19)20-8-5-7-18(24)17-20;/h5,7-8,17,19H,2-4,6,9-16H2,1H3,(H2,25,26,27);1H. The average Bonchev–Trinajstić information content (AvgIpc) is 3.01. The molecule has 2 aliphatic heterocycles. The van der Waals surface area contributed by atoms with Crippen LogP contribution in [0.5, 0.6) is 0 Å². The molecule has 0 unspecified atom stereocenters. The Hall–Kier alpha value is -1.91. The Morgan fingerprint density at radius 3 is 2.78 bits per heavy atom. The summed E-state index contributed by atoms with van der Waals surface area (Å²) in [6.07, 6.45) is 8.73. The van der Waals surface area contributed by atoms with Crippen molar-refractivity contribution in [3.8, 4) is 0 Å². The Morgan fingerprint density at radius 2 is 2.00 bits per heavy atom. The number of nitrogens with zero attached hydrogens (tertiary/aromatic N) is 5.